The van der Waals surface area contributed by atoms with Crippen LogP contribution in [0.1, 0.15) is 48.5 Å². The zero-order valence-electron chi connectivity index (χ0n) is 16.4. The molecule has 0 bridgehead atoms. The van der Waals surface area contributed by atoms with Crippen molar-refractivity contribution in [3.63, 3.8) is 0 Å². The van der Waals surface area contributed by atoms with E-state index in [1.807, 2.05) is 0 Å². The van der Waals surface area contributed by atoms with Gasteiger partial charge >= 0.3 is 6.09 Å². The number of ether oxygens (including phenoxy) is 1. The average Bonchev–Trinajstić information content (AvgIpc) is 2.29. The van der Waals surface area contributed by atoms with Gasteiger partial charge < -0.3 is 14.9 Å². The lowest BCUT2D eigenvalue weighted by Gasteiger charge is -2.50. The Morgan fingerprint density at radius 2 is 1.65 bits per heavy atom. The molecule has 0 aromatic rings. The van der Waals surface area contributed by atoms with E-state index < -0.39 is 14.4 Å². The monoisotopic (exact) mass is 344 g/mol. The summed E-state index contributed by atoms with van der Waals surface area (Å²) >= 11 is 0. The summed E-state index contributed by atoms with van der Waals surface area (Å²) in [6.45, 7) is 21.4. The summed E-state index contributed by atoms with van der Waals surface area (Å²) in [4.78, 5) is 13.7. The predicted octanol–water partition coefficient (Wildman–Crippen LogP) is 3.59. The molecule has 1 aliphatic heterocycles. The van der Waals surface area contributed by atoms with Gasteiger partial charge in [0.15, 0.2) is 8.32 Å². The maximum Gasteiger partial charge on any atom is 0.404 e. The van der Waals surface area contributed by atoms with E-state index in [9.17, 15) is 4.79 Å². The van der Waals surface area contributed by atoms with Crippen LogP contribution in [0.3, 0.4) is 0 Å². The Kier molecular flexibility index (Phi) is 5.98. The second kappa shape index (κ2) is 6.73. The number of primary amides is 1. The van der Waals surface area contributed by atoms with Gasteiger partial charge in [-0.15, -0.1) is 0 Å². The van der Waals surface area contributed by atoms with Gasteiger partial charge in [0.25, 0.3) is 0 Å². The summed E-state index contributed by atoms with van der Waals surface area (Å²) in [6, 6.07) is 0. The van der Waals surface area contributed by atoms with Crippen LogP contribution in [-0.4, -0.2) is 50.1 Å². The van der Waals surface area contributed by atoms with Gasteiger partial charge in [0.1, 0.15) is 6.10 Å². The fourth-order valence-corrected chi connectivity index (χ4v) is 4.14. The van der Waals surface area contributed by atoms with Gasteiger partial charge in [-0.1, -0.05) is 27.7 Å². The molecule has 1 saturated heterocycles. The lowest BCUT2D eigenvalue weighted by Crippen LogP contribution is -2.61. The van der Waals surface area contributed by atoms with Crippen molar-refractivity contribution in [1.82, 2.24) is 4.90 Å². The molecule has 0 aliphatic carbocycles. The molecule has 136 valence electrons. The average molecular weight is 345 g/mol. The minimum Gasteiger partial charge on any atom is -0.442 e. The lowest BCUT2D eigenvalue weighted by molar-refractivity contribution is -0.0854. The topological polar surface area (TPSA) is 64.8 Å². The maximum atomic E-state index is 11.4. The zero-order valence-corrected chi connectivity index (χ0v) is 17.4. The Hall–Kier alpha value is -0.593. The van der Waals surface area contributed by atoms with Crippen LogP contribution in [-0.2, 0) is 9.16 Å². The summed E-state index contributed by atoms with van der Waals surface area (Å²) in [7, 11) is -1.95. The molecule has 1 amide bonds. The van der Waals surface area contributed by atoms with Crippen LogP contribution in [0.5, 0.6) is 0 Å². The molecule has 0 saturated carbocycles. The van der Waals surface area contributed by atoms with E-state index in [4.69, 9.17) is 14.9 Å². The SMILES string of the molecule is C[C@H]1CN(C(C)(C)C)C[C@@H](OC(N)=O)[C@@H]1O[Si](C)(C)C(C)(C)C. The van der Waals surface area contributed by atoms with Crippen molar-refractivity contribution in [3.05, 3.63) is 0 Å². The Bertz CT molecular complexity index is 427. The smallest absolute Gasteiger partial charge is 0.404 e. The highest BCUT2D eigenvalue weighted by Gasteiger charge is 2.46. The zero-order chi connectivity index (χ0) is 18.2. The Morgan fingerprint density at radius 3 is 2.04 bits per heavy atom. The van der Waals surface area contributed by atoms with Crippen LogP contribution in [0.15, 0.2) is 0 Å². The van der Waals surface area contributed by atoms with Crippen LogP contribution in [0.4, 0.5) is 4.79 Å². The van der Waals surface area contributed by atoms with E-state index >= 15 is 0 Å². The fraction of sp³-hybridized carbons (Fsp3) is 0.941. The van der Waals surface area contributed by atoms with E-state index in [1.54, 1.807) is 0 Å². The summed E-state index contributed by atoms with van der Waals surface area (Å²) in [5.74, 6) is 0.279. The number of carbonyl (C=O) groups is 1. The van der Waals surface area contributed by atoms with Crippen LogP contribution in [0.25, 0.3) is 0 Å². The van der Waals surface area contributed by atoms with Crippen LogP contribution in [0, 0.1) is 5.92 Å². The summed E-state index contributed by atoms with van der Waals surface area (Å²) in [5.41, 5.74) is 5.33. The molecule has 0 radical (unpaired) electrons. The van der Waals surface area contributed by atoms with Crippen molar-refractivity contribution in [2.75, 3.05) is 13.1 Å². The first kappa shape index (κ1) is 20.5. The molecule has 0 spiro atoms. The number of hydrogen-bond donors (Lipinski definition) is 1. The van der Waals surface area contributed by atoms with E-state index in [-0.39, 0.29) is 28.7 Å². The van der Waals surface area contributed by atoms with Crippen molar-refractivity contribution >= 4 is 14.4 Å². The van der Waals surface area contributed by atoms with Gasteiger partial charge in [0.05, 0.1) is 6.10 Å². The Labute approximate surface area is 143 Å². The summed E-state index contributed by atoms with van der Waals surface area (Å²) in [6.07, 6.45) is -1.13. The number of rotatable bonds is 3. The van der Waals surface area contributed by atoms with E-state index in [0.717, 1.165) is 6.54 Å². The van der Waals surface area contributed by atoms with Crippen molar-refractivity contribution in [2.45, 2.75) is 84.3 Å². The highest BCUT2D eigenvalue weighted by atomic mass is 28.4. The van der Waals surface area contributed by atoms with E-state index in [1.165, 1.54) is 0 Å². The van der Waals surface area contributed by atoms with Crippen LogP contribution >= 0.6 is 0 Å². The third-order valence-corrected chi connectivity index (χ3v) is 9.76. The standard InChI is InChI=1S/C17H36N2O3Si/c1-12-10-19(16(2,3)4)11-13(21-15(18)20)14(12)22-23(8,9)17(5,6)7/h12-14H,10-11H2,1-9H3,(H2,18,20)/t12-,13+,14+/m0/s1. The molecule has 0 aromatic carbocycles. The molecule has 2 N–H and O–H groups in total. The van der Waals surface area contributed by atoms with Crippen molar-refractivity contribution < 1.29 is 14.0 Å². The normalized spacial score (nSPS) is 27.8. The van der Waals surface area contributed by atoms with Gasteiger partial charge in [0, 0.05) is 18.6 Å². The number of likely N-dealkylation sites (tertiary alicyclic amines) is 1. The summed E-state index contributed by atoms with van der Waals surface area (Å²) < 4.78 is 12.1. The molecular weight excluding hydrogens is 308 g/mol. The first-order chi connectivity index (χ1) is 10.1. The van der Waals surface area contributed by atoms with Crippen molar-refractivity contribution in [3.8, 4) is 0 Å². The largest absolute Gasteiger partial charge is 0.442 e. The maximum absolute atomic E-state index is 11.4. The van der Waals surface area contributed by atoms with Gasteiger partial charge in [-0.25, -0.2) is 4.79 Å². The highest BCUT2D eigenvalue weighted by molar-refractivity contribution is 6.74. The minimum absolute atomic E-state index is 0.0233. The molecule has 0 unspecified atom stereocenters. The highest BCUT2D eigenvalue weighted by Crippen LogP contribution is 2.40. The fourth-order valence-electron chi connectivity index (χ4n) is 2.72. The quantitative estimate of drug-likeness (QED) is 0.795. The predicted molar refractivity (Wildman–Crippen MR) is 97.0 cm³/mol. The second-order valence-corrected chi connectivity index (χ2v) is 14.1. The number of hydrogen-bond acceptors (Lipinski definition) is 4. The molecule has 23 heavy (non-hydrogen) atoms. The molecule has 0 aromatic heterocycles. The molecule has 1 fully saturated rings. The van der Waals surface area contributed by atoms with Gasteiger partial charge in [-0.3, -0.25) is 4.90 Å². The number of amides is 1. The first-order valence-corrected chi connectivity index (χ1v) is 11.4. The molecule has 1 heterocycles. The number of nitrogens with two attached hydrogens (primary N) is 1. The Morgan fingerprint density at radius 1 is 1.13 bits per heavy atom. The number of carbonyl (C=O) groups excluding carboxylic acids is 1. The van der Waals surface area contributed by atoms with Crippen molar-refractivity contribution in [2.24, 2.45) is 11.7 Å². The molecule has 6 heteroatoms. The van der Waals surface area contributed by atoms with E-state index in [0.29, 0.717) is 6.54 Å². The van der Waals surface area contributed by atoms with Gasteiger partial charge in [-0.2, -0.15) is 0 Å². The Balaban J connectivity index is 3.02. The third-order valence-electron chi connectivity index (χ3n) is 5.29. The molecule has 3 atom stereocenters. The van der Waals surface area contributed by atoms with Gasteiger partial charge in [0.2, 0.25) is 0 Å². The van der Waals surface area contributed by atoms with Crippen LogP contribution in [0.2, 0.25) is 18.1 Å². The summed E-state index contributed by atoms with van der Waals surface area (Å²) in [5, 5.41) is 0.116. The molecule has 1 rings (SSSR count). The first-order valence-electron chi connectivity index (χ1n) is 8.54. The molecule has 1 aliphatic rings. The number of piperidine rings is 1. The molecular formula is C17H36N2O3Si. The molecule has 5 nitrogen and oxygen atoms in total. The van der Waals surface area contributed by atoms with E-state index in [2.05, 4.69) is 66.5 Å². The van der Waals surface area contributed by atoms with Crippen molar-refractivity contribution in [1.29, 1.82) is 0 Å². The minimum atomic E-state index is -1.95. The van der Waals surface area contributed by atoms with Gasteiger partial charge in [-0.05, 0) is 44.8 Å². The third kappa shape index (κ3) is 5.19. The second-order valence-electron chi connectivity index (χ2n) is 9.37. The van der Waals surface area contributed by atoms with Crippen LogP contribution < -0.4 is 5.73 Å². The number of nitrogens with zero attached hydrogens (tertiary/aromatic N) is 1. The lowest BCUT2D eigenvalue weighted by atomic mass is 9.90.